The molecule has 1 aromatic rings. The van der Waals surface area contributed by atoms with Crippen LogP contribution < -0.4 is 4.43 Å². The minimum Gasteiger partial charge on any atom is -0.549 e. The Hall–Kier alpha value is -0.763. The molecule has 0 aliphatic rings. The second kappa shape index (κ2) is 4.12. The maximum Gasteiger partial charge on any atom is 0.219 e. The average molecular weight is 152 g/mol. The molecule has 2 heteroatoms. The van der Waals surface area contributed by atoms with Gasteiger partial charge in [0.15, 0.2) is 0 Å². The largest absolute Gasteiger partial charge is 0.549 e. The van der Waals surface area contributed by atoms with E-state index in [4.69, 9.17) is 4.43 Å². The van der Waals surface area contributed by atoms with Gasteiger partial charge in [-0.1, -0.05) is 25.1 Å². The Morgan fingerprint density at radius 1 is 1.30 bits per heavy atom. The lowest BCUT2D eigenvalue weighted by atomic mass is 10.3. The van der Waals surface area contributed by atoms with Gasteiger partial charge in [0.1, 0.15) is 5.75 Å². The van der Waals surface area contributed by atoms with E-state index in [0.717, 1.165) is 5.75 Å². The van der Waals surface area contributed by atoms with E-state index in [1.807, 2.05) is 30.3 Å². The molecular formula is C8H12OSi. The molecule has 0 aliphatic heterocycles. The van der Waals surface area contributed by atoms with Crippen LogP contribution in [0.3, 0.4) is 0 Å². The summed E-state index contributed by atoms with van der Waals surface area (Å²) in [5.74, 6) is 1.02. The summed E-state index contributed by atoms with van der Waals surface area (Å²) in [4.78, 5) is 0. The minimum absolute atomic E-state index is 0.277. The molecule has 0 fully saturated rings. The summed E-state index contributed by atoms with van der Waals surface area (Å²) in [5, 5.41) is 0. The Kier molecular flexibility index (Phi) is 3.02. The van der Waals surface area contributed by atoms with Crippen LogP contribution in [0.4, 0.5) is 0 Å². The summed E-state index contributed by atoms with van der Waals surface area (Å²) >= 11 is 0. The molecule has 0 spiro atoms. The van der Waals surface area contributed by atoms with E-state index in [-0.39, 0.29) is 9.76 Å². The zero-order valence-corrected chi connectivity index (χ0v) is 7.62. The predicted molar refractivity (Wildman–Crippen MR) is 46.1 cm³/mol. The molecule has 54 valence electrons. The van der Waals surface area contributed by atoms with Crippen LogP contribution in [0.2, 0.25) is 6.04 Å². The van der Waals surface area contributed by atoms with Crippen LogP contribution in [0.15, 0.2) is 30.3 Å². The van der Waals surface area contributed by atoms with Gasteiger partial charge in [0.05, 0.1) is 0 Å². The normalized spacial score (nSPS) is 10.5. The quantitative estimate of drug-likeness (QED) is 0.598. The van der Waals surface area contributed by atoms with Gasteiger partial charge in [0, 0.05) is 0 Å². The lowest BCUT2D eigenvalue weighted by molar-refractivity contribution is 0.594. The van der Waals surface area contributed by atoms with Crippen LogP contribution in [0, 0.1) is 0 Å². The van der Waals surface area contributed by atoms with Crippen molar-refractivity contribution in [1.29, 1.82) is 0 Å². The first kappa shape index (κ1) is 7.35. The first-order chi connectivity index (χ1) is 4.93. The van der Waals surface area contributed by atoms with Gasteiger partial charge in [-0.25, -0.2) is 0 Å². The van der Waals surface area contributed by atoms with E-state index in [1.165, 1.54) is 6.04 Å². The van der Waals surface area contributed by atoms with Gasteiger partial charge in [-0.3, -0.25) is 0 Å². The second-order valence-corrected chi connectivity index (χ2v) is 3.86. The fourth-order valence-electron chi connectivity index (χ4n) is 0.737. The monoisotopic (exact) mass is 152 g/mol. The molecule has 10 heavy (non-hydrogen) atoms. The molecule has 0 radical (unpaired) electrons. The lowest BCUT2D eigenvalue weighted by Gasteiger charge is -2.02. The number of hydrogen-bond donors (Lipinski definition) is 0. The average Bonchev–Trinajstić information content (AvgIpc) is 2.03. The van der Waals surface area contributed by atoms with Crippen LogP contribution in [0.25, 0.3) is 0 Å². The highest BCUT2D eigenvalue weighted by Gasteiger charge is 1.87. The molecule has 0 atom stereocenters. The van der Waals surface area contributed by atoms with Gasteiger partial charge in [0.25, 0.3) is 0 Å². The zero-order valence-electron chi connectivity index (χ0n) is 6.21. The third-order valence-corrected chi connectivity index (χ3v) is 2.16. The molecular weight excluding hydrogens is 140 g/mol. The van der Waals surface area contributed by atoms with E-state index in [2.05, 4.69) is 6.92 Å². The van der Waals surface area contributed by atoms with Crippen LogP contribution in [0.5, 0.6) is 5.75 Å². The SMILES string of the molecule is CC[SiH2]Oc1ccccc1. The van der Waals surface area contributed by atoms with Crippen molar-refractivity contribution in [2.75, 3.05) is 0 Å². The van der Waals surface area contributed by atoms with Gasteiger partial charge in [-0.15, -0.1) is 0 Å². The van der Waals surface area contributed by atoms with Gasteiger partial charge in [0.2, 0.25) is 9.76 Å². The van der Waals surface area contributed by atoms with Gasteiger partial charge in [-0.2, -0.15) is 0 Å². The first-order valence-electron chi connectivity index (χ1n) is 3.61. The topological polar surface area (TPSA) is 9.23 Å². The molecule has 0 aromatic heterocycles. The highest BCUT2D eigenvalue weighted by molar-refractivity contribution is 6.28. The lowest BCUT2D eigenvalue weighted by Crippen LogP contribution is -1.98. The molecule has 0 aliphatic carbocycles. The first-order valence-corrected chi connectivity index (χ1v) is 5.19. The van der Waals surface area contributed by atoms with Crippen LogP contribution in [-0.2, 0) is 0 Å². The third-order valence-electron chi connectivity index (χ3n) is 1.22. The van der Waals surface area contributed by atoms with Crippen molar-refractivity contribution in [2.45, 2.75) is 13.0 Å². The summed E-state index contributed by atoms with van der Waals surface area (Å²) in [5.41, 5.74) is 0. The summed E-state index contributed by atoms with van der Waals surface area (Å²) in [6.45, 7) is 2.16. The molecule has 0 amide bonds. The van der Waals surface area contributed by atoms with E-state index in [0.29, 0.717) is 0 Å². The third kappa shape index (κ3) is 2.23. The van der Waals surface area contributed by atoms with Crippen molar-refractivity contribution in [3.05, 3.63) is 30.3 Å². The standard InChI is InChI=1S/C8H12OSi/c1-2-10-9-8-6-4-3-5-7-8/h3-7H,2,10H2,1H3. The molecule has 0 bridgehead atoms. The molecule has 0 saturated carbocycles. The smallest absolute Gasteiger partial charge is 0.219 e. The fourth-order valence-corrected chi connectivity index (χ4v) is 1.37. The number of benzene rings is 1. The van der Waals surface area contributed by atoms with Crippen molar-refractivity contribution in [2.24, 2.45) is 0 Å². The van der Waals surface area contributed by atoms with Crippen LogP contribution in [-0.4, -0.2) is 9.76 Å². The summed E-state index contributed by atoms with van der Waals surface area (Å²) in [7, 11) is -0.277. The van der Waals surface area contributed by atoms with Gasteiger partial charge in [-0.05, 0) is 18.2 Å². The van der Waals surface area contributed by atoms with Crippen molar-refractivity contribution in [3.63, 3.8) is 0 Å². The van der Waals surface area contributed by atoms with Gasteiger partial charge >= 0.3 is 0 Å². The summed E-state index contributed by atoms with van der Waals surface area (Å²) in [6.07, 6.45) is 0. The Morgan fingerprint density at radius 2 is 2.00 bits per heavy atom. The molecule has 0 heterocycles. The summed E-state index contributed by atoms with van der Waals surface area (Å²) < 4.78 is 5.49. The Morgan fingerprint density at radius 3 is 2.60 bits per heavy atom. The molecule has 1 rings (SSSR count). The van der Waals surface area contributed by atoms with Crippen molar-refractivity contribution in [3.8, 4) is 5.75 Å². The Labute approximate surface area is 64.0 Å². The van der Waals surface area contributed by atoms with Crippen LogP contribution in [0.1, 0.15) is 6.92 Å². The predicted octanol–water partition coefficient (Wildman–Crippen LogP) is 1.59. The van der Waals surface area contributed by atoms with E-state index >= 15 is 0 Å². The van der Waals surface area contributed by atoms with Crippen LogP contribution >= 0.6 is 0 Å². The van der Waals surface area contributed by atoms with Gasteiger partial charge < -0.3 is 4.43 Å². The number of hydrogen-bond acceptors (Lipinski definition) is 1. The maximum atomic E-state index is 5.49. The van der Waals surface area contributed by atoms with Crippen molar-refractivity contribution >= 4 is 9.76 Å². The Bertz CT molecular complexity index is 174. The highest BCUT2D eigenvalue weighted by Crippen LogP contribution is 2.07. The number of rotatable bonds is 3. The second-order valence-electron chi connectivity index (χ2n) is 2.16. The fraction of sp³-hybridized carbons (Fsp3) is 0.250. The molecule has 0 unspecified atom stereocenters. The Balaban J connectivity index is 2.43. The highest BCUT2D eigenvalue weighted by atomic mass is 28.2. The zero-order chi connectivity index (χ0) is 7.23. The number of para-hydroxylation sites is 1. The molecule has 1 aromatic carbocycles. The van der Waals surface area contributed by atoms with E-state index in [9.17, 15) is 0 Å². The molecule has 1 nitrogen and oxygen atoms in total. The van der Waals surface area contributed by atoms with Crippen molar-refractivity contribution in [1.82, 2.24) is 0 Å². The van der Waals surface area contributed by atoms with E-state index < -0.39 is 0 Å². The molecule has 0 saturated heterocycles. The minimum atomic E-state index is -0.277. The summed E-state index contributed by atoms with van der Waals surface area (Å²) in [6, 6.07) is 11.2. The maximum absolute atomic E-state index is 5.49. The molecule has 0 N–H and O–H groups in total. The van der Waals surface area contributed by atoms with Crippen molar-refractivity contribution < 1.29 is 4.43 Å². The van der Waals surface area contributed by atoms with E-state index in [1.54, 1.807) is 0 Å².